The molecule has 1 unspecified atom stereocenters. The summed E-state index contributed by atoms with van der Waals surface area (Å²) in [4.78, 5) is 25.4. The van der Waals surface area contributed by atoms with Crippen molar-refractivity contribution in [2.45, 2.75) is 33.7 Å². The number of anilines is 2. The number of piperazine rings is 1. The molecule has 2 N–H and O–H groups in total. The van der Waals surface area contributed by atoms with E-state index in [1.807, 2.05) is 66.7 Å². The number of aromatic nitrogens is 5. The van der Waals surface area contributed by atoms with E-state index in [4.69, 9.17) is 10.8 Å². The predicted molar refractivity (Wildman–Crippen MR) is 127 cm³/mol. The average molecular weight is 435 g/mol. The first-order valence-corrected chi connectivity index (χ1v) is 11.0. The standard InChI is InChI=1S/C21H24N8O.C2H6/c1-13-18-19(22)23-12-24-20(18)29(25-13)14(2)16-10-15-6-4-5-7-27(15)21(16)28-9-8-26(3)11-17(28)30;1-2/h4-7,10,12,14H,8-9,11H2,1-3H3,(H2,22,23,24);1-2H3. The molecule has 4 aromatic rings. The molecule has 0 aromatic carbocycles. The first kappa shape index (κ1) is 21.8. The molecule has 32 heavy (non-hydrogen) atoms. The van der Waals surface area contributed by atoms with E-state index in [0.29, 0.717) is 24.6 Å². The third-order valence-corrected chi connectivity index (χ3v) is 5.86. The van der Waals surface area contributed by atoms with Gasteiger partial charge in [-0.3, -0.25) is 14.6 Å². The molecule has 4 aromatic heterocycles. The number of carbonyl (C=O) groups excluding carboxylic acids is 1. The molecule has 5 rings (SSSR count). The Hall–Kier alpha value is -3.46. The highest BCUT2D eigenvalue weighted by Gasteiger charge is 2.30. The van der Waals surface area contributed by atoms with Crippen LogP contribution >= 0.6 is 0 Å². The van der Waals surface area contributed by atoms with Crippen molar-refractivity contribution in [3.63, 3.8) is 0 Å². The number of pyridine rings is 1. The lowest BCUT2D eigenvalue weighted by molar-refractivity contribution is -0.120. The van der Waals surface area contributed by atoms with Gasteiger partial charge in [0.05, 0.1) is 23.7 Å². The smallest absolute Gasteiger partial charge is 0.242 e. The molecule has 1 aliphatic rings. The molecule has 5 heterocycles. The molecule has 0 aliphatic carbocycles. The fourth-order valence-corrected chi connectivity index (χ4v) is 4.31. The molecule has 0 saturated carbocycles. The maximum atomic E-state index is 12.9. The van der Waals surface area contributed by atoms with Crippen molar-refractivity contribution in [1.82, 2.24) is 29.0 Å². The van der Waals surface area contributed by atoms with Crippen LogP contribution in [0.15, 0.2) is 36.8 Å². The van der Waals surface area contributed by atoms with Gasteiger partial charge < -0.3 is 10.1 Å². The monoisotopic (exact) mass is 434 g/mol. The van der Waals surface area contributed by atoms with Gasteiger partial charge in [-0.25, -0.2) is 14.6 Å². The van der Waals surface area contributed by atoms with Gasteiger partial charge in [0.1, 0.15) is 18.0 Å². The van der Waals surface area contributed by atoms with E-state index in [2.05, 4.69) is 27.4 Å². The van der Waals surface area contributed by atoms with Crippen LogP contribution in [0.3, 0.4) is 0 Å². The van der Waals surface area contributed by atoms with Gasteiger partial charge >= 0.3 is 0 Å². The van der Waals surface area contributed by atoms with Crippen LogP contribution in [0.2, 0.25) is 0 Å². The van der Waals surface area contributed by atoms with Crippen molar-refractivity contribution in [3.05, 3.63) is 48.0 Å². The van der Waals surface area contributed by atoms with Crippen molar-refractivity contribution in [2.75, 3.05) is 37.3 Å². The minimum absolute atomic E-state index is 0.0918. The summed E-state index contributed by atoms with van der Waals surface area (Å²) in [6, 6.07) is 8.00. The molecule has 0 bridgehead atoms. The first-order valence-electron chi connectivity index (χ1n) is 11.0. The molecule has 1 atom stereocenters. The fraction of sp³-hybridized carbons (Fsp3) is 0.391. The molecule has 9 nitrogen and oxygen atoms in total. The number of nitrogen functional groups attached to an aromatic ring is 1. The van der Waals surface area contributed by atoms with Crippen LogP contribution in [0.4, 0.5) is 11.6 Å². The third-order valence-electron chi connectivity index (χ3n) is 5.86. The van der Waals surface area contributed by atoms with Crippen molar-refractivity contribution in [3.8, 4) is 0 Å². The number of nitrogens with two attached hydrogens (primary N) is 1. The number of rotatable bonds is 3. The summed E-state index contributed by atoms with van der Waals surface area (Å²) in [5.41, 5.74) is 9.61. The summed E-state index contributed by atoms with van der Waals surface area (Å²) in [5.74, 6) is 1.40. The Bertz CT molecular complexity index is 1270. The Morgan fingerprint density at radius 3 is 2.69 bits per heavy atom. The number of fused-ring (bicyclic) bond motifs is 2. The van der Waals surface area contributed by atoms with Crippen molar-refractivity contribution in [1.29, 1.82) is 0 Å². The molecule has 1 amide bonds. The molecule has 168 valence electrons. The zero-order valence-electron chi connectivity index (χ0n) is 19.3. The number of likely N-dealkylation sites (N-methyl/N-ethyl adjacent to an activating group) is 1. The molecule has 1 fully saturated rings. The van der Waals surface area contributed by atoms with E-state index < -0.39 is 0 Å². The van der Waals surface area contributed by atoms with Gasteiger partial charge in [-0.1, -0.05) is 19.9 Å². The second-order valence-corrected chi connectivity index (χ2v) is 7.87. The average Bonchev–Trinajstić information content (AvgIpc) is 3.34. The second kappa shape index (κ2) is 8.58. The SMILES string of the molecule is CC.Cc1nn(C(C)c2cc3ccccn3c2N2CCN(C)CC2=O)c2ncnc(N)c12. The number of hydrogen-bond acceptors (Lipinski definition) is 6. The zero-order valence-corrected chi connectivity index (χ0v) is 19.3. The van der Waals surface area contributed by atoms with Crippen LogP contribution in [-0.4, -0.2) is 61.6 Å². The zero-order chi connectivity index (χ0) is 23.0. The number of aryl methyl sites for hydroxylation is 1. The highest BCUT2D eigenvalue weighted by molar-refractivity contribution is 5.96. The van der Waals surface area contributed by atoms with Crippen LogP contribution in [0, 0.1) is 6.92 Å². The molecule has 0 spiro atoms. The normalized spacial score (nSPS) is 15.8. The molecule has 1 saturated heterocycles. The summed E-state index contributed by atoms with van der Waals surface area (Å²) in [5, 5.41) is 5.50. The molecular formula is C23H30N8O. The van der Waals surface area contributed by atoms with Crippen LogP contribution < -0.4 is 10.6 Å². The summed E-state index contributed by atoms with van der Waals surface area (Å²) in [6.07, 6.45) is 3.46. The molecule has 9 heteroatoms. The third kappa shape index (κ3) is 3.48. The Morgan fingerprint density at radius 2 is 1.94 bits per heavy atom. The van der Waals surface area contributed by atoms with E-state index in [9.17, 15) is 4.79 Å². The largest absolute Gasteiger partial charge is 0.383 e. The highest BCUT2D eigenvalue weighted by Crippen LogP contribution is 2.35. The summed E-state index contributed by atoms with van der Waals surface area (Å²) < 4.78 is 3.96. The maximum absolute atomic E-state index is 12.9. The number of nitrogens with zero attached hydrogens (tertiary/aromatic N) is 7. The van der Waals surface area contributed by atoms with Crippen molar-refractivity contribution >= 4 is 34.1 Å². The molecular weight excluding hydrogens is 404 g/mol. The van der Waals surface area contributed by atoms with Gasteiger partial charge in [-0.2, -0.15) is 5.10 Å². The minimum atomic E-state index is -0.155. The fourth-order valence-electron chi connectivity index (χ4n) is 4.31. The van der Waals surface area contributed by atoms with Crippen LogP contribution in [0.5, 0.6) is 0 Å². The van der Waals surface area contributed by atoms with Gasteiger partial charge in [0.2, 0.25) is 5.91 Å². The second-order valence-electron chi connectivity index (χ2n) is 7.87. The number of hydrogen-bond donors (Lipinski definition) is 1. The van der Waals surface area contributed by atoms with Crippen LogP contribution in [-0.2, 0) is 4.79 Å². The Balaban J connectivity index is 0.00000119. The quantitative estimate of drug-likeness (QED) is 0.532. The summed E-state index contributed by atoms with van der Waals surface area (Å²) in [6.45, 7) is 9.86. The Labute approximate surface area is 187 Å². The van der Waals surface area contributed by atoms with E-state index in [1.54, 1.807) is 0 Å². The minimum Gasteiger partial charge on any atom is -0.383 e. The van der Waals surface area contributed by atoms with Gasteiger partial charge in [0.15, 0.2) is 5.65 Å². The number of amides is 1. The Kier molecular flexibility index (Phi) is 5.84. The van der Waals surface area contributed by atoms with E-state index in [1.165, 1.54) is 6.33 Å². The molecule has 0 radical (unpaired) electrons. The number of carbonyl (C=O) groups is 1. The lowest BCUT2D eigenvalue weighted by Crippen LogP contribution is -2.49. The van der Waals surface area contributed by atoms with Crippen molar-refractivity contribution in [2.24, 2.45) is 0 Å². The first-order chi connectivity index (χ1) is 15.5. The highest BCUT2D eigenvalue weighted by atomic mass is 16.2. The summed E-state index contributed by atoms with van der Waals surface area (Å²) >= 11 is 0. The lowest BCUT2D eigenvalue weighted by Gasteiger charge is -2.33. The van der Waals surface area contributed by atoms with E-state index >= 15 is 0 Å². The Morgan fingerprint density at radius 1 is 1.16 bits per heavy atom. The topological polar surface area (TPSA) is 97.6 Å². The van der Waals surface area contributed by atoms with Crippen LogP contribution in [0.1, 0.15) is 38.1 Å². The summed E-state index contributed by atoms with van der Waals surface area (Å²) in [7, 11) is 1.97. The van der Waals surface area contributed by atoms with Gasteiger partial charge in [0.25, 0.3) is 0 Å². The lowest BCUT2D eigenvalue weighted by atomic mass is 10.1. The van der Waals surface area contributed by atoms with E-state index in [0.717, 1.165) is 34.5 Å². The van der Waals surface area contributed by atoms with Gasteiger partial charge in [-0.05, 0) is 39.1 Å². The predicted octanol–water partition coefficient (Wildman–Crippen LogP) is 2.88. The van der Waals surface area contributed by atoms with E-state index in [-0.39, 0.29) is 11.9 Å². The maximum Gasteiger partial charge on any atom is 0.242 e. The van der Waals surface area contributed by atoms with Crippen molar-refractivity contribution < 1.29 is 4.79 Å². The van der Waals surface area contributed by atoms with Crippen LogP contribution in [0.25, 0.3) is 16.6 Å². The molecule has 1 aliphatic heterocycles. The van der Waals surface area contributed by atoms with Gasteiger partial charge in [-0.15, -0.1) is 0 Å². The van der Waals surface area contributed by atoms with Gasteiger partial charge in [0, 0.05) is 30.4 Å².